The topological polar surface area (TPSA) is 175 Å². The number of carbonyl (C=O) groups excluding carboxylic acids is 3. The predicted octanol–water partition coefficient (Wildman–Crippen LogP) is 5.92. The van der Waals surface area contributed by atoms with Gasteiger partial charge in [0.1, 0.15) is 0 Å². The van der Waals surface area contributed by atoms with Crippen LogP contribution in [0.2, 0.25) is 0 Å². The van der Waals surface area contributed by atoms with Crippen molar-refractivity contribution >= 4 is 34.1 Å². The van der Waals surface area contributed by atoms with Gasteiger partial charge < -0.3 is 38.8 Å². The Morgan fingerprint density at radius 2 is 1.55 bits per heavy atom. The smallest absolute Gasteiger partial charge is 0.261 e. The Bertz CT molecular complexity index is 2320. The zero-order valence-corrected chi connectivity index (χ0v) is 39.4. The number of aromatic nitrogens is 3. The highest BCUT2D eigenvalue weighted by atomic mass is 16.7. The number of carbonyl (C=O) groups is 3. The number of ketones is 1. The normalized spacial score (nSPS) is 31.8. The van der Waals surface area contributed by atoms with Crippen LogP contribution in [-0.2, 0) is 41.4 Å². The Labute approximate surface area is 393 Å². The van der Waals surface area contributed by atoms with Crippen molar-refractivity contribution in [3.63, 3.8) is 0 Å². The SMILES string of the molecule is C=C1C(=O)[C@]23[C@H](O)[C@H]1C[C@H](O)[C@H]2[C@]12CCCC(C)(C)[C@H]1C[C@H]3O[C@H]2OCCCCCc1cn(CCOCCOCCOCCN2C(=O)c3cccc4c(N5CCCCC5)ccc(c34)C2=O)nn1. The third-order valence-electron chi connectivity index (χ3n) is 17.0. The number of imide groups is 1. The minimum Gasteiger partial charge on any atom is -0.393 e. The number of ether oxygens (including phenoxy) is 5. The molecule has 5 heterocycles. The van der Waals surface area contributed by atoms with Gasteiger partial charge in [0.2, 0.25) is 0 Å². The van der Waals surface area contributed by atoms with E-state index in [1.165, 1.54) is 11.3 Å². The number of Topliss-reactive ketones (excluding diaryl/α,β-unsaturated/α-hetero) is 1. The lowest BCUT2D eigenvalue weighted by molar-refractivity contribution is -0.402. The maximum absolute atomic E-state index is 14.0. The molecule has 4 aliphatic carbocycles. The Morgan fingerprint density at radius 1 is 0.821 bits per heavy atom. The fourth-order valence-corrected chi connectivity index (χ4v) is 14.0. The van der Waals surface area contributed by atoms with Gasteiger partial charge in [0.05, 0.1) is 82.2 Å². The van der Waals surface area contributed by atoms with E-state index < -0.39 is 47.3 Å². The van der Waals surface area contributed by atoms with Crippen molar-refractivity contribution in [2.45, 2.75) is 122 Å². The zero-order chi connectivity index (χ0) is 46.5. The van der Waals surface area contributed by atoms with E-state index in [1.54, 1.807) is 4.68 Å². The minimum atomic E-state index is -1.13. The van der Waals surface area contributed by atoms with Gasteiger partial charge in [-0.1, -0.05) is 50.6 Å². The molecule has 2 N–H and O–H groups in total. The number of aryl methyl sites for hydroxylation is 1. The molecule has 4 saturated carbocycles. The molecule has 0 unspecified atom stereocenters. The Morgan fingerprint density at radius 3 is 2.33 bits per heavy atom. The number of piperidine rings is 1. The monoisotopic (exact) mass is 924 g/mol. The summed E-state index contributed by atoms with van der Waals surface area (Å²) in [4.78, 5) is 44.6. The molecule has 4 aliphatic heterocycles. The molecule has 15 nitrogen and oxygen atoms in total. The van der Waals surface area contributed by atoms with Crippen LogP contribution in [0, 0.1) is 34.0 Å². The summed E-state index contributed by atoms with van der Waals surface area (Å²) in [6, 6.07) is 9.65. The molecule has 0 radical (unpaired) electrons. The van der Waals surface area contributed by atoms with Crippen LogP contribution < -0.4 is 4.90 Å². The molecule has 9 atom stereocenters. The first-order chi connectivity index (χ1) is 32.5. The molecule has 67 heavy (non-hydrogen) atoms. The molecule has 7 fully saturated rings. The first-order valence-electron chi connectivity index (χ1n) is 25.1. The molecule has 2 amide bonds. The van der Waals surface area contributed by atoms with Gasteiger partial charge in [-0.3, -0.25) is 19.3 Å². The molecule has 4 bridgehead atoms. The molecule has 3 saturated heterocycles. The standard InChI is InChI=1S/C52H69N5O10/c1-33-38-30-40(58)44-51-18-11-17-50(2,3)41(51)31-42(52(44,45(33)59)46(38)60)67-49(51)66-23-9-4-6-12-34-32-56(54-53-34)21-24-63-26-28-65-29-27-64-25-22-57-47(61)36-14-10-13-35-39(55-19-7-5-8-20-55)16-15-37(43(35)36)48(57)62/h10,13-16,32,38,40-42,44,46,49,58,60H,1,4-9,11-12,17-31H2,2-3H3/t38-,40-,41+,42+,44-,46+,49+,51-,52+/m0/s1. The van der Waals surface area contributed by atoms with Crippen molar-refractivity contribution in [1.82, 2.24) is 19.9 Å². The fraction of sp³-hybridized carbons (Fsp3) is 0.673. The van der Waals surface area contributed by atoms with Crippen molar-refractivity contribution < 1.29 is 48.3 Å². The van der Waals surface area contributed by atoms with Gasteiger partial charge in [-0.2, -0.15) is 0 Å². The van der Waals surface area contributed by atoms with E-state index >= 15 is 0 Å². The number of fused-ring (bicyclic) bond motifs is 2. The predicted molar refractivity (Wildman–Crippen MR) is 248 cm³/mol. The van der Waals surface area contributed by atoms with Crippen LogP contribution in [0.4, 0.5) is 5.69 Å². The third kappa shape index (κ3) is 7.98. The summed E-state index contributed by atoms with van der Waals surface area (Å²) in [6.45, 7) is 14.2. The number of anilines is 1. The van der Waals surface area contributed by atoms with E-state index in [2.05, 4.69) is 35.6 Å². The summed E-state index contributed by atoms with van der Waals surface area (Å²) in [6.07, 6.45) is 10.3. The zero-order valence-electron chi connectivity index (χ0n) is 39.4. The number of benzene rings is 2. The summed E-state index contributed by atoms with van der Waals surface area (Å²) in [5, 5.41) is 33.8. The van der Waals surface area contributed by atoms with Crippen LogP contribution in [0.25, 0.3) is 10.8 Å². The molecule has 8 aliphatic rings. The molecule has 11 rings (SSSR count). The van der Waals surface area contributed by atoms with Gasteiger partial charge in [-0.15, -0.1) is 5.10 Å². The molecule has 15 heteroatoms. The molecular weight excluding hydrogens is 855 g/mol. The summed E-state index contributed by atoms with van der Waals surface area (Å²) in [5.41, 5.74) is 1.94. The van der Waals surface area contributed by atoms with Crippen LogP contribution in [0.1, 0.15) is 111 Å². The Balaban J connectivity index is 0.597. The first kappa shape index (κ1) is 46.6. The highest BCUT2D eigenvalue weighted by Crippen LogP contribution is 2.75. The first-order valence-corrected chi connectivity index (χ1v) is 25.1. The number of amides is 2. The van der Waals surface area contributed by atoms with Gasteiger partial charge in [0.15, 0.2) is 12.1 Å². The van der Waals surface area contributed by atoms with Gasteiger partial charge in [-0.25, -0.2) is 4.68 Å². The van der Waals surface area contributed by atoms with Crippen molar-refractivity contribution in [3.8, 4) is 0 Å². The van der Waals surface area contributed by atoms with E-state index in [-0.39, 0.29) is 42.1 Å². The second kappa shape index (κ2) is 19.0. The lowest BCUT2D eigenvalue weighted by atomic mass is 9.37. The highest BCUT2D eigenvalue weighted by Gasteiger charge is 2.81. The molecule has 2 spiro atoms. The van der Waals surface area contributed by atoms with Gasteiger partial charge >= 0.3 is 0 Å². The fourth-order valence-electron chi connectivity index (χ4n) is 14.0. The molecule has 3 aromatic rings. The Hall–Kier alpha value is -4.09. The molecule has 1 aromatic heterocycles. The minimum absolute atomic E-state index is 0.00667. The highest BCUT2D eigenvalue weighted by molar-refractivity contribution is 6.26. The van der Waals surface area contributed by atoms with E-state index in [1.807, 2.05) is 36.5 Å². The number of hydrogen-bond acceptors (Lipinski definition) is 13. The van der Waals surface area contributed by atoms with Crippen LogP contribution in [0.3, 0.4) is 0 Å². The second-order valence-electron chi connectivity index (χ2n) is 21.0. The van der Waals surface area contributed by atoms with Gasteiger partial charge in [0.25, 0.3) is 11.8 Å². The summed E-state index contributed by atoms with van der Waals surface area (Å²) >= 11 is 0. The van der Waals surface area contributed by atoms with Crippen LogP contribution in [-0.4, -0.2) is 138 Å². The second-order valence-corrected chi connectivity index (χ2v) is 21.0. The number of rotatable bonds is 20. The third-order valence-corrected chi connectivity index (χ3v) is 17.0. The van der Waals surface area contributed by atoms with E-state index in [0.29, 0.717) is 75.7 Å². The average Bonchev–Trinajstić information content (AvgIpc) is 3.82. The van der Waals surface area contributed by atoms with E-state index in [9.17, 15) is 24.6 Å². The number of hydrogen-bond donors (Lipinski definition) is 2. The maximum Gasteiger partial charge on any atom is 0.261 e. The largest absolute Gasteiger partial charge is 0.393 e. The number of nitrogens with zero attached hydrogens (tertiary/aromatic N) is 5. The van der Waals surface area contributed by atoms with E-state index in [0.717, 1.165) is 93.0 Å². The van der Waals surface area contributed by atoms with Gasteiger partial charge in [0, 0.05) is 70.7 Å². The summed E-state index contributed by atoms with van der Waals surface area (Å²) < 4.78 is 32.4. The van der Waals surface area contributed by atoms with Gasteiger partial charge in [-0.05, 0) is 99.3 Å². The summed E-state index contributed by atoms with van der Waals surface area (Å²) in [5.74, 6) is -1.25. The lowest BCUT2D eigenvalue weighted by Crippen LogP contribution is -2.78. The van der Waals surface area contributed by atoms with Crippen molar-refractivity contribution in [3.05, 3.63) is 65.5 Å². The van der Waals surface area contributed by atoms with Crippen molar-refractivity contribution in [2.24, 2.45) is 34.0 Å². The maximum atomic E-state index is 14.0. The molecule has 2 aromatic carbocycles. The number of unbranched alkanes of at least 4 members (excludes halogenated alkanes) is 2. The van der Waals surface area contributed by atoms with Crippen LogP contribution in [0.5, 0.6) is 0 Å². The quantitative estimate of drug-likeness (QED) is 0.0777. The number of aliphatic hydroxyl groups excluding tert-OH is 2. The number of aliphatic hydroxyl groups is 2. The van der Waals surface area contributed by atoms with E-state index in [4.69, 9.17) is 23.7 Å². The Kier molecular flexibility index (Phi) is 13.2. The van der Waals surface area contributed by atoms with Crippen molar-refractivity contribution in [2.75, 3.05) is 70.8 Å². The average molecular weight is 924 g/mol. The van der Waals surface area contributed by atoms with Crippen molar-refractivity contribution in [1.29, 1.82) is 0 Å². The lowest BCUT2D eigenvalue weighted by Gasteiger charge is -2.72. The van der Waals surface area contributed by atoms with Crippen LogP contribution >= 0.6 is 0 Å². The van der Waals surface area contributed by atoms with Crippen LogP contribution in [0.15, 0.2) is 48.7 Å². The molecule has 362 valence electrons. The molecular formula is C52H69N5O10. The summed E-state index contributed by atoms with van der Waals surface area (Å²) in [7, 11) is 0.